The predicted molar refractivity (Wildman–Crippen MR) is 96.3 cm³/mol. The molecule has 0 radical (unpaired) electrons. The van der Waals surface area contributed by atoms with E-state index in [1.54, 1.807) is 11.3 Å². The Morgan fingerprint density at radius 2 is 2.08 bits per heavy atom. The first-order chi connectivity index (χ1) is 11.5. The van der Waals surface area contributed by atoms with Gasteiger partial charge >= 0.3 is 0 Å². The third-order valence-electron chi connectivity index (χ3n) is 5.03. The summed E-state index contributed by atoms with van der Waals surface area (Å²) in [6.07, 6.45) is 5.87. The maximum atomic E-state index is 12.6. The number of nitrogens with one attached hydrogen (secondary N) is 1. The van der Waals surface area contributed by atoms with Crippen molar-refractivity contribution in [3.05, 3.63) is 32.5 Å². The Kier molecular flexibility index (Phi) is 5.04. The summed E-state index contributed by atoms with van der Waals surface area (Å²) >= 11 is 1.69. The Bertz CT molecular complexity index is 733. The largest absolute Gasteiger partial charge is 0.337 e. The molecule has 6 heteroatoms. The highest BCUT2D eigenvalue weighted by atomic mass is 32.1. The highest BCUT2D eigenvalue weighted by Gasteiger charge is 2.23. The van der Waals surface area contributed by atoms with E-state index in [9.17, 15) is 4.79 Å². The molecule has 130 valence electrons. The van der Waals surface area contributed by atoms with Crippen LogP contribution in [0.3, 0.4) is 0 Å². The zero-order chi connectivity index (χ0) is 17.3. The minimum Gasteiger partial charge on any atom is -0.337 e. The van der Waals surface area contributed by atoms with Gasteiger partial charge in [0.1, 0.15) is 0 Å². The summed E-state index contributed by atoms with van der Waals surface area (Å²) in [6.45, 7) is 6.14. The van der Waals surface area contributed by atoms with Crippen LogP contribution in [-0.4, -0.2) is 33.0 Å². The minimum absolute atomic E-state index is 0.00977. The summed E-state index contributed by atoms with van der Waals surface area (Å²) in [7, 11) is 1.88. The highest BCUT2D eigenvalue weighted by Crippen LogP contribution is 2.27. The lowest BCUT2D eigenvalue weighted by Gasteiger charge is -2.24. The molecule has 0 spiro atoms. The van der Waals surface area contributed by atoms with E-state index in [0.29, 0.717) is 6.42 Å². The van der Waals surface area contributed by atoms with Crippen LogP contribution in [0.2, 0.25) is 0 Å². The molecule has 2 aromatic rings. The van der Waals surface area contributed by atoms with Crippen molar-refractivity contribution in [3.63, 3.8) is 0 Å². The molecule has 1 N–H and O–H groups in total. The van der Waals surface area contributed by atoms with Gasteiger partial charge in [0.05, 0.1) is 22.4 Å². The molecule has 1 aliphatic carbocycles. The molecule has 2 aromatic heterocycles. The van der Waals surface area contributed by atoms with Gasteiger partial charge in [0, 0.05) is 30.5 Å². The van der Waals surface area contributed by atoms with E-state index in [2.05, 4.69) is 29.0 Å². The van der Waals surface area contributed by atoms with E-state index in [0.717, 1.165) is 35.7 Å². The van der Waals surface area contributed by atoms with E-state index < -0.39 is 0 Å². The normalized spacial score (nSPS) is 15.2. The number of aromatic amines is 1. The van der Waals surface area contributed by atoms with Crippen molar-refractivity contribution in [1.82, 2.24) is 20.1 Å². The molecule has 1 amide bonds. The summed E-state index contributed by atoms with van der Waals surface area (Å²) in [4.78, 5) is 20.2. The second-order valence-corrected chi connectivity index (χ2v) is 8.10. The molecule has 0 saturated carbocycles. The monoisotopic (exact) mass is 346 g/mol. The standard InChI is InChI=1S/C18H26N4OS/c1-11(18-12(2)24-13(3)19-18)22(4)17(23)10-9-16-14-7-5-6-8-15(14)20-21-16/h11H,5-10H2,1-4H3,(H,20,21)/t11-/m0/s1. The number of rotatable bonds is 5. The van der Waals surface area contributed by atoms with Gasteiger partial charge in [0.25, 0.3) is 0 Å². The number of thiazole rings is 1. The first-order valence-electron chi connectivity index (χ1n) is 8.72. The number of H-pyrrole nitrogens is 1. The molecule has 0 fully saturated rings. The van der Waals surface area contributed by atoms with Crippen LogP contribution in [-0.2, 0) is 24.1 Å². The fourth-order valence-corrected chi connectivity index (χ4v) is 4.40. The average molecular weight is 347 g/mol. The Morgan fingerprint density at radius 1 is 1.33 bits per heavy atom. The third kappa shape index (κ3) is 3.38. The van der Waals surface area contributed by atoms with Gasteiger partial charge in [-0.2, -0.15) is 5.10 Å². The number of aryl methyl sites for hydroxylation is 4. The first-order valence-corrected chi connectivity index (χ1v) is 9.53. The number of fused-ring (bicyclic) bond motifs is 1. The zero-order valence-electron chi connectivity index (χ0n) is 15.0. The number of aromatic nitrogens is 3. The molecule has 5 nitrogen and oxygen atoms in total. The van der Waals surface area contributed by atoms with E-state index in [1.807, 2.05) is 18.9 Å². The summed E-state index contributed by atoms with van der Waals surface area (Å²) in [5.74, 6) is 0.153. The topological polar surface area (TPSA) is 61.9 Å². The molecule has 0 aromatic carbocycles. The van der Waals surface area contributed by atoms with Crippen LogP contribution in [0.1, 0.15) is 64.8 Å². The van der Waals surface area contributed by atoms with Crippen LogP contribution in [0, 0.1) is 13.8 Å². The lowest BCUT2D eigenvalue weighted by molar-refractivity contribution is -0.131. The molecule has 0 aliphatic heterocycles. The Labute approximate surface area is 147 Å². The molecule has 2 heterocycles. The average Bonchev–Trinajstić information content (AvgIpc) is 3.14. The molecule has 24 heavy (non-hydrogen) atoms. The Balaban J connectivity index is 1.62. The summed E-state index contributed by atoms with van der Waals surface area (Å²) in [6, 6.07) is 0.00977. The van der Waals surface area contributed by atoms with Crippen molar-refractivity contribution in [1.29, 1.82) is 0 Å². The van der Waals surface area contributed by atoms with Crippen molar-refractivity contribution in [2.45, 2.75) is 65.3 Å². The molecule has 0 saturated heterocycles. The van der Waals surface area contributed by atoms with E-state index >= 15 is 0 Å². The van der Waals surface area contributed by atoms with Crippen LogP contribution in [0.5, 0.6) is 0 Å². The molecule has 1 aliphatic rings. The zero-order valence-corrected chi connectivity index (χ0v) is 15.8. The van der Waals surface area contributed by atoms with E-state index in [-0.39, 0.29) is 11.9 Å². The van der Waals surface area contributed by atoms with Gasteiger partial charge in [-0.05, 0) is 52.0 Å². The Hall–Kier alpha value is -1.69. The third-order valence-corrected chi connectivity index (χ3v) is 5.93. The lowest BCUT2D eigenvalue weighted by atomic mass is 9.94. The maximum absolute atomic E-state index is 12.6. The van der Waals surface area contributed by atoms with Gasteiger partial charge in [-0.3, -0.25) is 9.89 Å². The number of nitrogens with zero attached hydrogens (tertiary/aromatic N) is 3. The number of carbonyl (C=O) groups excluding carboxylic acids is 1. The second kappa shape index (κ2) is 7.05. The van der Waals surface area contributed by atoms with Gasteiger partial charge in [-0.15, -0.1) is 11.3 Å². The van der Waals surface area contributed by atoms with Gasteiger partial charge < -0.3 is 4.90 Å². The van der Waals surface area contributed by atoms with Crippen molar-refractivity contribution in [2.75, 3.05) is 7.05 Å². The van der Waals surface area contributed by atoms with Crippen LogP contribution in [0.25, 0.3) is 0 Å². The smallest absolute Gasteiger partial charge is 0.223 e. The van der Waals surface area contributed by atoms with Crippen molar-refractivity contribution >= 4 is 17.2 Å². The summed E-state index contributed by atoms with van der Waals surface area (Å²) in [5, 5.41) is 8.65. The SMILES string of the molecule is Cc1nc([C@H](C)N(C)C(=O)CCc2n[nH]c3c2CCCC3)c(C)s1. The van der Waals surface area contributed by atoms with Gasteiger partial charge in [-0.1, -0.05) is 0 Å². The Morgan fingerprint density at radius 3 is 2.79 bits per heavy atom. The van der Waals surface area contributed by atoms with Crippen LogP contribution in [0.15, 0.2) is 0 Å². The fraction of sp³-hybridized carbons (Fsp3) is 0.611. The van der Waals surface area contributed by atoms with Gasteiger partial charge in [0.15, 0.2) is 0 Å². The van der Waals surface area contributed by atoms with Crippen LogP contribution < -0.4 is 0 Å². The van der Waals surface area contributed by atoms with E-state index in [1.165, 1.54) is 29.0 Å². The summed E-state index contributed by atoms with van der Waals surface area (Å²) in [5.41, 5.74) is 4.74. The molecule has 3 rings (SSSR count). The maximum Gasteiger partial charge on any atom is 0.223 e. The molecule has 0 bridgehead atoms. The number of amides is 1. The molecule has 1 atom stereocenters. The predicted octanol–water partition coefficient (Wildman–Crippen LogP) is 3.51. The number of hydrogen-bond donors (Lipinski definition) is 1. The van der Waals surface area contributed by atoms with Crippen molar-refractivity contribution < 1.29 is 4.79 Å². The van der Waals surface area contributed by atoms with Crippen LogP contribution in [0.4, 0.5) is 0 Å². The minimum atomic E-state index is 0.00977. The number of hydrogen-bond acceptors (Lipinski definition) is 4. The van der Waals surface area contributed by atoms with E-state index in [4.69, 9.17) is 0 Å². The van der Waals surface area contributed by atoms with Gasteiger partial charge in [0.2, 0.25) is 5.91 Å². The highest BCUT2D eigenvalue weighted by molar-refractivity contribution is 7.11. The van der Waals surface area contributed by atoms with Crippen LogP contribution >= 0.6 is 11.3 Å². The second-order valence-electron chi connectivity index (χ2n) is 6.69. The molecular weight excluding hydrogens is 320 g/mol. The molecule has 0 unspecified atom stereocenters. The quantitative estimate of drug-likeness (QED) is 0.901. The summed E-state index contributed by atoms with van der Waals surface area (Å²) < 4.78 is 0. The molecular formula is C18H26N4OS. The first kappa shape index (κ1) is 17.1. The van der Waals surface area contributed by atoms with Crippen molar-refractivity contribution in [3.8, 4) is 0 Å². The number of carbonyl (C=O) groups is 1. The van der Waals surface area contributed by atoms with Gasteiger partial charge in [-0.25, -0.2) is 4.98 Å². The lowest BCUT2D eigenvalue weighted by Crippen LogP contribution is -2.30. The fourth-order valence-electron chi connectivity index (χ4n) is 3.49. The van der Waals surface area contributed by atoms with Crippen molar-refractivity contribution in [2.24, 2.45) is 0 Å².